The van der Waals surface area contributed by atoms with Crippen molar-refractivity contribution in [2.75, 3.05) is 0 Å². The van der Waals surface area contributed by atoms with Crippen LogP contribution in [0.3, 0.4) is 0 Å². The highest BCUT2D eigenvalue weighted by molar-refractivity contribution is 5.36. The molecule has 0 aliphatic heterocycles. The van der Waals surface area contributed by atoms with Crippen molar-refractivity contribution in [2.24, 2.45) is 0 Å². The summed E-state index contributed by atoms with van der Waals surface area (Å²) in [7, 11) is 0. The van der Waals surface area contributed by atoms with Crippen molar-refractivity contribution in [1.82, 2.24) is 20.3 Å². The summed E-state index contributed by atoms with van der Waals surface area (Å²) < 4.78 is 41.4. The van der Waals surface area contributed by atoms with Gasteiger partial charge in [-0.25, -0.2) is 17.9 Å². The number of benzene rings is 1. The molecular formula is C13H15F3N4. The molecule has 2 rings (SSSR count). The van der Waals surface area contributed by atoms with Gasteiger partial charge in [-0.3, -0.25) is 0 Å². The normalized spacial score (nSPS) is 11.9. The first-order chi connectivity index (χ1) is 9.28. The van der Waals surface area contributed by atoms with Gasteiger partial charge in [-0.15, -0.1) is 5.10 Å². The Balaban J connectivity index is 2.38. The number of hydrogen-bond acceptors (Lipinski definition) is 3. The smallest absolute Gasteiger partial charge is 0.154 e. The van der Waals surface area contributed by atoms with E-state index in [1.807, 2.05) is 20.8 Å². The molecular weight excluding hydrogens is 269 g/mol. The molecule has 0 spiro atoms. The lowest BCUT2D eigenvalue weighted by Gasteiger charge is -2.20. The first-order valence-electron chi connectivity index (χ1n) is 6.07. The van der Waals surface area contributed by atoms with Crippen LogP contribution >= 0.6 is 0 Å². The van der Waals surface area contributed by atoms with Gasteiger partial charge in [0.1, 0.15) is 11.5 Å². The van der Waals surface area contributed by atoms with E-state index in [9.17, 15) is 13.2 Å². The highest BCUT2D eigenvalue weighted by atomic mass is 19.1. The lowest BCUT2D eigenvalue weighted by Crippen LogP contribution is -2.35. The van der Waals surface area contributed by atoms with E-state index in [1.54, 1.807) is 0 Å². The van der Waals surface area contributed by atoms with E-state index in [1.165, 1.54) is 6.20 Å². The Morgan fingerprint density at radius 1 is 1.15 bits per heavy atom. The summed E-state index contributed by atoms with van der Waals surface area (Å²) in [6, 6.07) is 1.22. The monoisotopic (exact) mass is 284 g/mol. The Morgan fingerprint density at radius 2 is 1.75 bits per heavy atom. The second-order valence-electron chi connectivity index (χ2n) is 5.46. The lowest BCUT2D eigenvalue weighted by atomic mass is 10.1. The standard InChI is InChI=1S/C13H15F3N4/c1-13(2,3)17-6-9-7-18-19-20(9)12-10(15)4-8(14)5-11(12)16/h4-5,7,17H,6H2,1-3H3. The van der Waals surface area contributed by atoms with E-state index < -0.39 is 23.1 Å². The van der Waals surface area contributed by atoms with Crippen molar-refractivity contribution < 1.29 is 13.2 Å². The molecule has 1 N–H and O–H groups in total. The van der Waals surface area contributed by atoms with Gasteiger partial charge in [-0.1, -0.05) is 5.21 Å². The largest absolute Gasteiger partial charge is 0.306 e. The molecule has 7 heteroatoms. The summed E-state index contributed by atoms with van der Waals surface area (Å²) >= 11 is 0. The van der Waals surface area contributed by atoms with E-state index in [0.29, 0.717) is 24.4 Å². The van der Waals surface area contributed by atoms with Crippen molar-refractivity contribution >= 4 is 0 Å². The van der Waals surface area contributed by atoms with Crippen molar-refractivity contribution in [3.63, 3.8) is 0 Å². The van der Waals surface area contributed by atoms with Gasteiger partial charge in [0.2, 0.25) is 0 Å². The zero-order valence-electron chi connectivity index (χ0n) is 11.4. The van der Waals surface area contributed by atoms with Gasteiger partial charge in [0, 0.05) is 24.2 Å². The van der Waals surface area contributed by atoms with Gasteiger partial charge >= 0.3 is 0 Å². The molecule has 0 radical (unpaired) electrons. The number of aromatic nitrogens is 3. The molecule has 0 unspecified atom stereocenters. The molecule has 0 aliphatic carbocycles. The molecule has 0 saturated carbocycles. The molecule has 1 aromatic carbocycles. The summed E-state index contributed by atoms with van der Waals surface area (Å²) in [5.74, 6) is -3.02. The Kier molecular flexibility index (Phi) is 3.80. The summed E-state index contributed by atoms with van der Waals surface area (Å²) in [6.07, 6.45) is 1.40. The van der Waals surface area contributed by atoms with Crippen LogP contribution in [0.15, 0.2) is 18.3 Å². The number of halogens is 3. The lowest BCUT2D eigenvalue weighted by molar-refractivity contribution is 0.417. The number of nitrogens with zero attached hydrogens (tertiary/aromatic N) is 3. The van der Waals surface area contributed by atoms with E-state index in [2.05, 4.69) is 15.6 Å². The van der Waals surface area contributed by atoms with Crippen LogP contribution in [0.2, 0.25) is 0 Å². The molecule has 2 aromatic rings. The summed E-state index contributed by atoms with van der Waals surface area (Å²) in [5.41, 5.74) is -0.131. The number of rotatable bonds is 3. The van der Waals surface area contributed by atoms with Gasteiger partial charge in [-0.05, 0) is 20.8 Å². The van der Waals surface area contributed by atoms with Gasteiger partial charge in [0.05, 0.1) is 11.9 Å². The summed E-state index contributed by atoms with van der Waals surface area (Å²) in [5, 5.41) is 10.5. The summed E-state index contributed by atoms with van der Waals surface area (Å²) in [4.78, 5) is 0. The molecule has 1 heterocycles. The molecule has 1 aromatic heterocycles. The van der Waals surface area contributed by atoms with Crippen molar-refractivity contribution in [3.05, 3.63) is 41.5 Å². The molecule has 0 fully saturated rings. The minimum Gasteiger partial charge on any atom is -0.306 e. The predicted molar refractivity (Wildman–Crippen MR) is 67.8 cm³/mol. The van der Waals surface area contributed by atoms with Crippen LogP contribution in [0.1, 0.15) is 26.5 Å². The third kappa shape index (κ3) is 3.16. The minimum absolute atomic E-state index is 0.172. The molecule has 0 aliphatic rings. The number of nitrogens with one attached hydrogen (secondary N) is 1. The minimum atomic E-state index is -1.02. The van der Waals surface area contributed by atoms with Crippen molar-refractivity contribution in [2.45, 2.75) is 32.9 Å². The van der Waals surface area contributed by atoms with E-state index in [0.717, 1.165) is 4.68 Å². The third-order valence-corrected chi connectivity index (χ3v) is 2.61. The Morgan fingerprint density at radius 3 is 2.30 bits per heavy atom. The average Bonchev–Trinajstić information content (AvgIpc) is 2.72. The fourth-order valence-electron chi connectivity index (χ4n) is 1.66. The summed E-state index contributed by atoms with van der Waals surface area (Å²) in [6.45, 7) is 6.20. The van der Waals surface area contributed by atoms with Crippen molar-refractivity contribution in [1.29, 1.82) is 0 Å². The van der Waals surface area contributed by atoms with Crippen LogP contribution in [-0.4, -0.2) is 20.5 Å². The highest BCUT2D eigenvalue weighted by Crippen LogP contribution is 2.20. The third-order valence-electron chi connectivity index (χ3n) is 2.61. The first kappa shape index (κ1) is 14.5. The second kappa shape index (κ2) is 5.24. The molecule has 0 saturated heterocycles. The van der Waals surface area contributed by atoms with Crippen LogP contribution in [0, 0.1) is 17.5 Å². The average molecular weight is 284 g/mol. The fourth-order valence-corrected chi connectivity index (χ4v) is 1.66. The molecule has 108 valence electrons. The van der Waals surface area contributed by atoms with Crippen LogP contribution < -0.4 is 5.32 Å². The topological polar surface area (TPSA) is 42.7 Å². The zero-order chi connectivity index (χ0) is 14.9. The maximum absolute atomic E-state index is 13.7. The number of hydrogen-bond donors (Lipinski definition) is 1. The van der Waals surface area contributed by atoms with Crippen molar-refractivity contribution in [3.8, 4) is 5.69 Å². The SMILES string of the molecule is CC(C)(C)NCc1cnnn1-c1c(F)cc(F)cc1F. The Bertz CT molecular complexity index is 593. The van der Waals surface area contributed by atoms with Gasteiger partial charge in [0.15, 0.2) is 11.6 Å². The molecule has 0 bridgehead atoms. The molecule has 0 atom stereocenters. The van der Waals surface area contributed by atoms with Gasteiger partial charge < -0.3 is 5.32 Å². The Labute approximate surface area is 114 Å². The van der Waals surface area contributed by atoms with Crippen LogP contribution in [-0.2, 0) is 6.54 Å². The first-order valence-corrected chi connectivity index (χ1v) is 6.07. The quantitative estimate of drug-likeness (QED) is 0.942. The van der Waals surface area contributed by atoms with E-state index in [4.69, 9.17) is 0 Å². The highest BCUT2D eigenvalue weighted by Gasteiger charge is 2.18. The predicted octanol–water partition coefficient (Wildman–Crippen LogP) is 2.57. The van der Waals surface area contributed by atoms with Crippen LogP contribution in [0.5, 0.6) is 0 Å². The maximum atomic E-state index is 13.7. The second-order valence-corrected chi connectivity index (χ2v) is 5.46. The maximum Gasteiger partial charge on any atom is 0.154 e. The molecule has 20 heavy (non-hydrogen) atoms. The van der Waals surface area contributed by atoms with Gasteiger partial charge in [0.25, 0.3) is 0 Å². The Hall–Kier alpha value is -1.89. The fraction of sp³-hybridized carbons (Fsp3) is 0.385. The van der Waals surface area contributed by atoms with Crippen LogP contribution in [0.25, 0.3) is 5.69 Å². The van der Waals surface area contributed by atoms with E-state index in [-0.39, 0.29) is 5.54 Å². The molecule has 4 nitrogen and oxygen atoms in total. The van der Waals surface area contributed by atoms with E-state index >= 15 is 0 Å². The zero-order valence-corrected chi connectivity index (χ0v) is 11.4. The molecule has 0 amide bonds. The van der Waals surface area contributed by atoms with Crippen LogP contribution in [0.4, 0.5) is 13.2 Å². The van der Waals surface area contributed by atoms with Gasteiger partial charge in [-0.2, -0.15) is 0 Å².